The van der Waals surface area contributed by atoms with Crippen molar-refractivity contribution in [1.82, 2.24) is 0 Å². The number of hydrogen-bond acceptors (Lipinski definition) is 2. The number of anilines is 6. The zero-order valence-corrected chi connectivity index (χ0v) is 53.5. The fourth-order valence-corrected chi connectivity index (χ4v) is 17.4. The van der Waals surface area contributed by atoms with Gasteiger partial charge in [-0.25, -0.2) is 0 Å². The molecule has 0 radical (unpaired) electrons. The second-order valence-electron chi connectivity index (χ2n) is 28.4. The first kappa shape index (κ1) is 54.4. The summed E-state index contributed by atoms with van der Waals surface area (Å²) in [6.07, 6.45) is 0. The molecule has 0 spiro atoms. The van der Waals surface area contributed by atoms with Crippen molar-refractivity contribution in [3.8, 4) is 66.8 Å². The first-order valence-electron chi connectivity index (χ1n) is 32.8. The lowest BCUT2D eigenvalue weighted by Gasteiger charge is -2.30. The van der Waals surface area contributed by atoms with Crippen molar-refractivity contribution in [2.24, 2.45) is 0 Å². The van der Waals surface area contributed by atoms with Crippen LogP contribution in [0.25, 0.3) is 99.1 Å². The van der Waals surface area contributed by atoms with Crippen molar-refractivity contribution in [3.05, 3.63) is 324 Å². The standard InChI is InChI=1S/C90H70N2/c1-87(2)77-32-20-17-29-65(77)68-42-36-56(49-80(68)87)84-73-48-41-61(92(59-26-13-10-14-27-59)63-39-46-71-74-44-35-55-23-15-16-28-64(55)86(74)90(7,8)83(71)54-63)52-76(73)85(57-37-43-69-66-30-18-21-33-78(66)88(3,4)81(69)50-57)72-47-40-60(51-75(72)84)91(58-24-11-9-12-25-58)62-38-45-70-67-31-19-22-34-79(67)89(5,6)82(70)53-62/h9-54H,1-8H3. The van der Waals surface area contributed by atoms with Crippen LogP contribution in [-0.4, -0.2) is 0 Å². The van der Waals surface area contributed by atoms with Crippen LogP contribution < -0.4 is 9.80 Å². The summed E-state index contributed by atoms with van der Waals surface area (Å²) in [6, 6.07) is 106. The number of fused-ring (bicyclic) bond motifs is 16. The summed E-state index contributed by atoms with van der Waals surface area (Å²) in [5.74, 6) is 0. The molecule has 0 atom stereocenters. The van der Waals surface area contributed by atoms with Gasteiger partial charge in [0.2, 0.25) is 0 Å². The van der Waals surface area contributed by atoms with Crippen LogP contribution in [0.4, 0.5) is 34.1 Å². The van der Waals surface area contributed by atoms with Crippen LogP contribution in [0, 0.1) is 0 Å². The fourth-order valence-electron chi connectivity index (χ4n) is 17.4. The Morgan fingerprint density at radius 1 is 0.207 bits per heavy atom. The number of hydrogen-bond donors (Lipinski definition) is 0. The average molecular weight is 1180 g/mol. The third-order valence-corrected chi connectivity index (χ3v) is 22.0. The smallest absolute Gasteiger partial charge is 0.0468 e. The molecule has 0 saturated heterocycles. The molecule has 4 aliphatic carbocycles. The van der Waals surface area contributed by atoms with Crippen molar-refractivity contribution < 1.29 is 0 Å². The summed E-state index contributed by atoms with van der Waals surface area (Å²) in [5, 5.41) is 7.43. The Bertz CT molecular complexity index is 5470. The molecule has 0 unspecified atom stereocenters. The van der Waals surface area contributed by atoms with Gasteiger partial charge >= 0.3 is 0 Å². The SMILES string of the molecule is CC1(C)c2ccccc2-c2ccc(-c3c4ccc(N(c5ccccc5)c5ccc6c(c5)C(C)(C)c5c-6ccc6ccccc56)cc4c(-c4ccc5c(c4)C(C)(C)c4ccccc4-5)c4ccc(N(c5ccccc5)c5ccc6c(c5)C(C)(C)c5ccccc5-6)cc34)cc21. The quantitative estimate of drug-likeness (QED) is 0.140. The van der Waals surface area contributed by atoms with Crippen LogP contribution >= 0.6 is 0 Å². The van der Waals surface area contributed by atoms with Crippen LogP contribution in [0.5, 0.6) is 0 Å². The Morgan fingerprint density at radius 2 is 0.543 bits per heavy atom. The molecular weight excluding hydrogens is 1110 g/mol. The second kappa shape index (κ2) is 19.5. The van der Waals surface area contributed by atoms with Gasteiger partial charge in [0.1, 0.15) is 0 Å². The molecule has 0 bridgehead atoms. The van der Waals surface area contributed by atoms with Crippen LogP contribution in [0.1, 0.15) is 99.9 Å². The predicted octanol–water partition coefficient (Wildman–Crippen LogP) is 24.6. The Balaban J connectivity index is 0.918. The highest BCUT2D eigenvalue weighted by Gasteiger charge is 2.41. The van der Waals surface area contributed by atoms with Crippen LogP contribution in [0.2, 0.25) is 0 Å². The van der Waals surface area contributed by atoms with E-state index in [4.69, 9.17) is 0 Å². The van der Waals surface area contributed by atoms with Crippen LogP contribution in [-0.2, 0) is 21.7 Å². The lowest BCUT2D eigenvalue weighted by atomic mass is 9.79. The van der Waals surface area contributed by atoms with Gasteiger partial charge in [-0.1, -0.05) is 250 Å². The highest BCUT2D eigenvalue weighted by molar-refractivity contribution is 6.23. The largest absolute Gasteiger partial charge is 0.310 e. The zero-order chi connectivity index (χ0) is 62.2. The lowest BCUT2D eigenvalue weighted by Crippen LogP contribution is -2.17. The molecule has 0 N–H and O–H groups in total. The van der Waals surface area contributed by atoms with E-state index in [1.165, 1.54) is 144 Å². The van der Waals surface area contributed by atoms with Crippen molar-refractivity contribution >= 4 is 66.4 Å². The molecule has 440 valence electrons. The van der Waals surface area contributed by atoms with Gasteiger partial charge in [0.25, 0.3) is 0 Å². The summed E-state index contributed by atoms with van der Waals surface area (Å²) in [4.78, 5) is 4.99. The lowest BCUT2D eigenvalue weighted by molar-refractivity contribution is 0.660. The van der Waals surface area contributed by atoms with E-state index < -0.39 is 0 Å². The van der Waals surface area contributed by atoms with Crippen LogP contribution in [0.3, 0.4) is 0 Å². The minimum atomic E-state index is -0.237. The third-order valence-electron chi connectivity index (χ3n) is 22.0. The van der Waals surface area contributed by atoms with E-state index in [9.17, 15) is 0 Å². The molecule has 0 saturated carbocycles. The molecule has 0 aromatic heterocycles. The first-order valence-corrected chi connectivity index (χ1v) is 32.8. The fraction of sp³-hybridized carbons (Fsp3) is 0.133. The molecule has 92 heavy (non-hydrogen) atoms. The van der Waals surface area contributed by atoms with Gasteiger partial charge in [0.15, 0.2) is 0 Å². The summed E-state index contributed by atoms with van der Waals surface area (Å²) in [5.41, 5.74) is 32.2. The number of benzene rings is 14. The van der Waals surface area contributed by atoms with E-state index in [0.717, 1.165) is 34.1 Å². The van der Waals surface area contributed by atoms with E-state index >= 15 is 0 Å². The monoisotopic (exact) mass is 1180 g/mol. The zero-order valence-electron chi connectivity index (χ0n) is 53.5. The molecule has 4 aliphatic rings. The second-order valence-corrected chi connectivity index (χ2v) is 28.4. The predicted molar refractivity (Wildman–Crippen MR) is 389 cm³/mol. The van der Waals surface area contributed by atoms with Gasteiger partial charge in [-0.2, -0.15) is 0 Å². The molecular formula is C90H70N2. The number of para-hydroxylation sites is 2. The maximum Gasteiger partial charge on any atom is 0.0468 e. The summed E-state index contributed by atoms with van der Waals surface area (Å²) in [6.45, 7) is 19.2. The average Bonchev–Trinajstić information content (AvgIpc) is 0.834. The molecule has 0 heterocycles. The van der Waals surface area contributed by atoms with Gasteiger partial charge in [-0.3, -0.25) is 0 Å². The van der Waals surface area contributed by atoms with Crippen molar-refractivity contribution in [2.75, 3.05) is 9.80 Å². The minimum Gasteiger partial charge on any atom is -0.310 e. The number of nitrogens with zero attached hydrogens (tertiary/aromatic N) is 2. The van der Waals surface area contributed by atoms with E-state index in [2.05, 4.69) is 344 Å². The third kappa shape index (κ3) is 7.67. The van der Waals surface area contributed by atoms with Gasteiger partial charge in [0.05, 0.1) is 0 Å². The molecule has 2 heteroatoms. The van der Waals surface area contributed by atoms with E-state index in [0.29, 0.717) is 0 Å². The molecule has 0 fully saturated rings. The maximum absolute atomic E-state index is 2.54. The summed E-state index contributed by atoms with van der Waals surface area (Å²) < 4.78 is 0. The molecule has 2 nitrogen and oxygen atoms in total. The van der Waals surface area contributed by atoms with Crippen molar-refractivity contribution in [1.29, 1.82) is 0 Å². The Hall–Kier alpha value is -10.5. The first-order chi connectivity index (χ1) is 44.7. The Kier molecular flexibility index (Phi) is 11.5. The molecule has 18 rings (SSSR count). The van der Waals surface area contributed by atoms with E-state index in [1.807, 2.05) is 0 Å². The molecule has 14 aromatic carbocycles. The van der Waals surface area contributed by atoms with Gasteiger partial charge in [-0.15, -0.1) is 0 Å². The normalized spacial score (nSPS) is 15.1. The maximum atomic E-state index is 2.54. The van der Waals surface area contributed by atoms with Gasteiger partial charge in [-0.05, 0) is 229 Å². The van der Waals surface area contributed by atoms with Gasteiger partial charge < -0.3 is 9.80 Å². The van der Waals surface area contributed by atoms with Crippen molar-refractivity contribution in [2.45, 2.75) is 77.0 Å². The topological polar surface area (TPSA) is 6.48 Å². The summed E-state index contributed by atoms with van der Waals surface area (Å²) in [7, 11) is 0. The Labute approximate surface area is 540 Å². The van der Waals surface area contributed by atoms with Crippen molar-refractivity contribution in [3.63, 3.8) is 0 Å². The minimum absolute atomic E-state index is 0.172. The molecule has 0 amide bonds. The van der Waals surface area contributed by atoms with E-state index in [-0.39, 0.29) is 21.7 Å². The molecule has 14 aromatic rings. The Morgan fingerprint density at radius 3 is 1.01 bits per heavy atom. The van der Waals surface area contributed by atoms with Crippen LogP contribution in [0.15, 0.2) is 279 Å². The van der Waals surface area contributed by atoms with E-state index in [1.54, 1.807) is 0 Å². The molecule has 0 aliphatic heterocycles. The summed E-state index contributed by atoms with van der Waals surface area (Å²) >= 11 is 0. The highest BCUT2D eigenvalue weighted by Crippen LogP contribution is 2.58. The number of rotatable bonds is 8. The highest BCUT2D eigenvalue weighted by atomic mass is 15.1. The van der Waals surface area contributed by atoms with Gasteiger partial charge in [0, 0.05) is 55.8 Å².